The highest BCUT2D eigenvalue weighted by atomic mass is 16.5. The first-order valence-electron chi connectivity index (χ1n) is 30.8. The van der Waals surface area contributed by atoms with E-state index in [1.807, 2.05) is 42.5 Å². The zero-order valence-electron chi connectivity index (χ0n) is 47.6. The second-order valence-corrected chi connectivity index (χ2v) is 21.9. The highest BCUT2D eigenvalue weighted by molar-refractivity contribution is 6.23. The molecule has 0 saturated carbocycles. The van der Waals surface area contributed by atoms with Crippen molar-refractivity contribution < 1.29 is 23.8 Å². The Morgan fingerprint density at radius 3 is 1.34 bits per heavy atom. The molecule has 0 aliphatic heterocycles. The first-order chi connectivity index (χ1) is 37.5. The average molecular weight is 1040 g/mol. The van der Waals surface area contributed by atoms with Crippen LogP contribution in [0.2, 0.25) is 0 Å². The predicted molar refractivity (Wildman–Crippen MR) is 322 cm³/mol. The number of carbonyl (C=O) groups excluding carboxylic acids is 2. The lowest BCUT2D eigenvalue weighted by atomic mass is 9.92. The van der Waals surface area contributed by atoms with Crippen LogP contribution in [0.15, 0.2) is 97.1 Å². The van der Waals surface area contributed by atoms with Gasteiger partial charge in [0.1, 0.15) is 6.04 Å². The van der Waals surface area contributed by atoms with E-state index in [1.165, 1.54) is 181 Å². The molecule has 0 spiro atoms. The summed E-state index contributed by atoms with van der Waals surface area (Å²) < 4.78 is 20.0. The van der Waals surface area contributed by atoms with Crippen LogP contribution in [-0.2, 0) is 17.8 Å². The summed E-state index contributed by atoms with van der Waals surface area (Å²) in [5.41, 5.74) is 2.38. The Hall–Kier alpha value is -5.30. The van der Waals surface area contributed by atoms with E-state index in [0.717, 1.165) is 55.0 Å². The molecule has 7 heteroatoms. The lowest BCUT2D eigenvalue weighted by Crippen LogP contribution is -2.47. The molecule has 0 bridgehead atoms. The van der Waals surface area contributed by atoms with Gasteiger partial charge in [0.05, 0.1) is 19.8 Å². The standard InChI is InChI=1S/C69H98N2O5/c1-4-7-10-13-16-19-22-25-28-34-48-74-63-52-60(53-64(75-49-35-29-26-23-20-17-14-11-8-5-2)67(63)76-50-36-30-27-24-21-18-15-12-9-6-3)68(72)71-62(51-55-38-32-31-33-39-55)69(73)70-54-59-45-44-58-43-42-56-40-37-41-57-46-47-61(59)66(58)65(56)57/h31-33,37-47,52-53,62H,4-30,34-36,48-51,54H2,1-3H3,(H,70,73)(H,71,72)/t62-/m0/s1. The summed E-state index contributed by atoms with van der Waals surface area (Å²) in [6.07, 6.45) is 37.6. The molecule has 0 aromatic heterocycles. The molecule has 6 aromatic rings. The minimum atomic E-state index is -0.839. The highest BCUT2D eigenvalue weighted by Gasteiger charge is 2.25. The lowest BCUT2D eigenvalue weighted by Gasteiger charge is -2.21. The van der Waals surface area contributed by atoms with Crippen molar-refractivity contribution in [2.24, 2.45) is 0 Å². The summed E-state index contributed by atoms with van der Waals surface area (Å²) in [6, 6.07) is 32.1. The monoisotopic (exact) mass is 1030 g/mol. The van der Waals surface area contributed by atoms with E-state index in [9.17, 15) is 9.59 Å². The maximum absolute atomic E-state index is 14.7. The van der Waals surface area contributed by atoms with Gasteiger partial charge in [0.25, 0.3) is 5.91 Å². The van der Waals surface area contributed by atoms with Gasteiger partial charge in [-0.3, -0.25) is 9.59 Å². The molecule has 6 rings (SSSR count). The van der Waals surface area contributed by atoms with Crippen LogP contribution in [0.3, 0.4) is 0 Å². The molecule has 0 fully saturated rings. The maximum Gasteiger partial charge on any atom is 0.252 e. The third kappa shape index (κ3) is 20.6. The fourth-order valence-electron chi connectivity index (χ4n) is 10.9. The number of benzene rings is 6. The van der Waals surface area contributed by atoms with Crippen LogP contribution in [0.5, 0.6) is 17.2 Å². The number of unbranched alkanes of at least 4 members (excludes halogenated alkanes) is 27. The van der Waals surface area contributed by atoms with Gasteiger partial charge in [-0.25, -0.2) is 0 Å². The quantitative estimate of drug-likeness (QED) is 0.0294. The van der Waals surface area contributed by atoms with Gasteiger partial charge in [0, 0.05) is 18.5 Å². The number of carbonyl (C=O) groups is 2. The van der Waals surface area contributed by atoms with E-state index in [-0.39, 0.29) is 11.8 Å². The van der Waals surface area contributed by atoms with Gasteiger partial charge in [0.2, 0.25) is 11.7 Å². The van der Waals surface area contributed by atoms with Crippen molar-refractivity contribution in [1.29, 1.82) is 0 Å². The molecule has 7 nitrogen and oxygen atoms in total. The van der Waals surface area contributed by atoms with Gasteiger partial charge in [-0.05, 0) is 74.8 Å². The smallest absolute Gasteiger partial charge is 0.252 e. The van der Waals surface area contributed by atoms with Crippen molar-refractivity contribution >= 4 is 44.1 Å². The van der Waals surface area contributed by atoms with Crippen LogP contribution in [-0.4, -0.2) is 37.7 Å². The van der Waals surface area contributed by atoms with E-state index < -0.39 is 6.04 Å². The van der Waals surface area contributed by atoms with Crippen molar-refractivity contribution in [3.8, 4) is 17.2 Å². The van der Waals surface area contributed by atoms with Gasteiger partial charge in [-0.1, -0.05) is 279 Å². The number of amides is 2. The molecule has 0 saturated heterocycles. The molecule has 2 N–H and O–H groups in total. The van der Waals surface area contributed by atoms with Gasteiger partial charge in [-0.15, -0.1) is 0 Å². The largest absolute Gasteiger partial charge is 0.490 e. The van der Waals surface area contributed by atoms with Crippen LogP contribution in [0.25, 0.3) is 32.3 Å². The molecule has 0 radical (unpaired) electrons. The SMILES string of the molecule is CCCCCCCCCCCCOc1cc(C(=O)N[C@@H](Cc2ccccc2)C(=O)NCc2ccc3ccc4cccc5ccc2c3c45)cc(OCCCCCCCCCCCC)c1OCCCCCCCCCCCC. The number of hydrogen-bond acceptors (Lipinski definition) is 5. The van der Waals surface area contributed by atoms with Crippen molar-refractivity contribution in [3.05, 3.63) is 114 Å². The van der Waals surface area contributed by atoms with E-state index in [2.05, 4.69) is 86.0 Å². The Kier molecular flexibility index (Phi) is 28.3. The maximum atomic E-state index is 14.7. The molecule has 0 aliphatic rings. The number of rotatable bonds is 43. The zero-order chi connectivity index (χ0) is 53.3. The Morgan fingerprint density at radius 2 is 0.855 bits per heavy atom. The molecule has 76 heavy (non-hydrogen) atoms. The van der Waals surface area contributed by atoms with Crippen LogP contribution >= 0.6 is 0 Å². The molecule has 414 valence electrons. The third-order valence-electron chi connectivity index (χ3n) is 15.5. The van der Waals surface area contributed by atoms with E-state index >= 15 is 0 Å². The first kappa shape index (κ1) is 59.9. The van der Waals surface area contributed by atoms with Crippen LogP contribution in [0, 0.1) is 0 Å². The molecular weight excluding hydrogens is 937 g/mol. The Balaban J connectivity index is 1.17. The fraction of sp³-hybridized carbons (Fsp3) is 0.565. The van der Waals surface area contributed by atoms with Crippen molar-refractivity contribution in [2.45, 2.75) is 232 Å². The molecule has 0 heterocycles. The second-order valence-electron chi connectivity index (χ2n) is 21.9. The topological polar surface area (TPSA) is 85.9 Å². The summed E-state index contributed by atoms with van der Waals surface area (Å²) in [5, 5.41) is 13.6. The van der Waals surface area contributed by atoms with Crippen LogP contribution in [0.1, 0.15) is 235 Å². The zero-order valence-corrected chi connectivity index (χ0v) is 47.6. The predicted octanol–water partition coefficient (Wildman–Crippen LogP) is 19.1. The molecule has 0 aliphatic carbocycles. The molecule has 0 unspecified atom stereocenters. The van der Waals surface area contributed by atoms with Crippen molar-refractivity contribution in [1.82, 2.24) is 10.6 Å². The number of nitrogens with one attached hydrogen (secondary N) is 2. The summed E-state index contributed by atoms with van der Waals surface area (Å²) in [7, 11) is 0. The highest BCUT2D eigenvalue weighted by Crippen LogP contribution is 2.40. The Labute approximate surface area is 459 Å². The molecule has 2 amide bonds. The van der Waals surface area contributed by atoms with Crippen molar-refractivity contribution in [2.75, 3.05) is 19.8 Å². The molecular formula is C69H98N2O5. The average Bonchev–Trinajstić information content (AvgIpc) is 3.54. The van der Waals surface area contributed by atoms with Crippen LogP contribution < -0.4 is 24.8 Å². The summed E-state index contributed by atoms with van der Waals surface area (Å²) in [5.74, 6) is 1.05. The van der Waals surface area contributed by atoms with E-state index in [4.69, 9.17) is 14.2 Å². The van der Waals surface area contributed by atoms with Gasteiger partial charge >= 0.3 is 0 Å². The summed E-state index contributed by atoms with van der Waals surface area (Å²) in [4.78, 5) is 29.2. The Morgan fingerprint density at radius 1 is 0.434 bits per heavy atom. The summed E-state index contributed by atoms with van der Waals surface area (Å²) in [6.45, 7) is 8.75. The summed E-state index contributed by atoms with van der Waals surface area (Å²) >= 11 is 0. The van der Waals surface area contributed by atoms with Gasteiger partial charge < -0.3 is 24.8 Å². The lowest BCUT2D eigenvalue weighted by molar-refractivity contribution is -0.123. The minimum absolute atomic E-state index is 0.241. The number of hydrogen-bond donors (Lipinski definition) is 2. The van der Waals surface area contributed by atoms with Crippen LogP contribution in [0.4, 0.5) is 0 Å². The normalized spacial score (nSPS) is 11.9. The fourth-order valence-corrected chi connectivity index (χ4v) is 10.9. The Bertz CT molecular complexity index is 2460. The van der Waals surface area contributed by atoms with Gasteiger partial charge in [0.15, 0.2) is 11.5 Å². The molecule has 6 aromatic carbocycles. The van der Waals surface area contributed by atoms with Gasteiger partial charge in [-0.2, -0.15) is 0 Å². The molecule has 1 atom stereocenters. The third-order valence-corrected chi connectivity index (χ3v) is 15.5. The minimum Gasteiger partial charge on any atom is -0.490 e. The van der Waals surface area contributed by atoms with E-state index in [0.29, 0.717) is 55.6 Å². The van der Waals surface area contributed by atoms with E-state index in [1.54, 1.807) is 0 Å². The van der Waals surface area contributed by atoms with Crippen molar-refractivity contribution in [3.63, 3.8) is 0 Å². The first-order valence-corrected chi connectivity index (χ1v) is 30.8. The number of ether oxygens (including phenoxy) is 3. The second kappa shape index (κ2) is 35.9.